The summed E-state index contributed by atoms with van der Waals surface area (Å²) in [5.74, 6) is -1.36. The maximum absolute atomic E-state index is 14.0. The lowest BCUT2D eigenvalue weighted by atomic mass is 10.1. The van der Waals surface area contributed by atoms with Gasteiger partial charge in [0.1, 0.15) is 16.6 Å². The predicted molar refractivity (Wildman–Crippen MR) is 201 cm³/mol. The quantitative estimate of drug-likeness (QED) is 0.102. The Morgan fingerprint density at radius 2 is 1.49 bits per heavy atom. The molecular formula is C40H34N6O4S. The molecule has 1 atom stereocenters. The van der Waals surface area contributed by atoms with Gasteiger partial charge in [-0.3, -0.25) is 28.8 Å². The number of rotatable bonds is 11. The molecule has 0 bridgehead atoms. The van der Waals surface area contributed by atoms with Crippen LogP contribution in [-0.2, 0) is 16.6 Å². The second kappa shape index (κ2) is 15.8. The van der Waals surface area contributed by atoms with E-state index < -0.39 is 17.1 Å². The number of anilines is 2. The van der Waals surface area contributed by atoms with Crippen LogP contribution in [0.25, 0.3) is 11.8 Å². The average Bonchev–Trinajstić information content (AvgIpc) is 3.37. The number of para-hydroxylation sites is 1. The first-order valence-corrected chi connectivity index (χ1v) is 16.9. The van der Waals surface area contributed by atoms with E-state index in [9.17, 15) is 19.2 Å². The molecule has 3 amide bonds. The van der Waals surface area contributed by atoms with Gasteiger partial charge in [-0.25, -0.2) is 4.68 Å². The highest BCUT2D eigenvalue weighted by atomic mass is 32.2. The second-order valence-corrected chi connectivity index (χ2v) is 12.7. The highest BCUT2D eigenvalue weighted by molar-refractivity contribution is 8.00. The number of hydrogen-bond acceptors (Lipinski definition) is 6. The van der Waals surface area contributed by atoms with E-state index in [4.69, 9.17) is 0 Å². The Morgan fingerprint density at radius 3 is 2.18 bits per heavy atom. The van der Waals surface area contributed by atoms with Gasteiger partial charge in [-0.2, -0.15) is 0 Å². The van der Waals surface area contributed by atoms with Gasteiger partial charge in [-0.15, -0.1) is 11.8 Å². The number of carbonyl (C=O) groups excluding carboxylic acids is 3. The lowest BCUT2D eigenvalue weighted by molar-refractivity contribution is -0.116. The fourth-order valence-corrected chi connectivity index (χ4v) is 6.44. The zero-order valence-electron chi connectivity index (χ0n) is 27.8. The first-order chi connectivity index (χ1) is 24.8. The van der Waals surface area contributed by atoms with Crippen LogP contribution >= 0.6 is 11.8 Å². The predicted octanol–water partition coefficient (Wildman–Crippen LogP) is 6.76. The lowest BCUT2D eigenvalue weighted by Gasteiger charge is -2.17. The van der Waals surface area contributed by atoms with E-state index in [2.05, 4.69) is 20.9 Å². The van der Waals surface area contributed by atoms with E-state index in [1.54, 1.807) is 97.8 Å². The van der Waals surface area contributed by atoms with Crippen LogP contribution in [-0.4, -0.2) is 32.1 Å². The lowest BCUT2D eigenvalue weighted by Crippen LogP contribution is -2.30. The van der Waals surface area contributed by atoms with Crippen molar-refractivity contribution in [3.8, 4) is 5.69 Å². The Morgan fingerprint density at radius 1 is 0.804 bits per heavy atom. The van der Waals surface area contributed by atoms with Crippen LogP contribution in [0.3, 0.4) is 0 Å². The van der Waals surface area contributed by atoms with Gasteiger partial charge in [0.15, 0.2) is 0 Å². The minimum atomic E-state index is -0.743. The van der Waals surface area contributed by atoms with Crippen molar-refractivity contribution in [3.05, 3.63) is 178 Å². The number of nitrogens with zero attached hydrogens (tertiary/aromatic N) is 3. The van der Waals surface area contributed by atoms with Crippen molar-refractivity contribution < 1.29 is 14.4 Å². The van der Waals surface area contributed by atoms with Gasteiger partial charge in [-0.1, -0.05) is 78.9 Å². The zero-order valence-corrected chi connectivity index (χ0v) is 28.6. The van der Waals surface area contributed by atoms with Crippen LogP contribution in [0.5, 0.6) is 0 Å². The Balaban J connectivity index is 1.25. The summed E-state index contributed by atoms with van der Waals surface area (Å²) >= 11 is 1.28. The van der Waals surface area contributed by atoms with E-state index in [1.165, 1.54) is 16.4 Å². The number of nitrogens with one attached hydrogen (secondary N) is 3. The summed E-state index contributed by atoms with van der Waals surface area (Å²) in [5, 5.41) is 7.77. The van der Waals surface area contributed by atoms with Crippen LogP contribution < -0.4 is 21.5 Å². The Hall–Kier alpha value is -6.46. The summed E-state index contributed by atoms with van der Waals surface area (Å²) in [6.07, 6.45) is 4.75. The molecule has 4 aromatic carbocycles. The Bertz CT molecular complexity index is 2250. The van der Waals surface area contributed by atoms with Crippen LogP contribution in [0, 0.1) is 6.92 Å². The van der Waals surface area contributed by atoms with Crippen molar-refractivity contribution in [2.45, 2.75) is 17.1 Å². The van der Waals surface area contributed by atoms with Crippen molar-refractivity contribution in [3.63, 3.8) is 0 Å². The molecule has 0 fully saturated rings. The molecular weight excluding hydrogens is 661 g/mol. The van der Waals surface area contributed by atoms with E-state index in [1.807, 2.05) is 66.7 Å². The standard InChI is InChI=1S/C40H34N6O4S/c1-27-35(40(50)46(45(27)2)32-20-10-5-11-21-32)44-39(49)36(29-15-6-3-7-16-29)51-33-22-12-19-31(25-33)42-38(48)34(24-28-14-13-23-41-26-28)43-37(47)30-17-8-4-9-18-30/h3-26,36H,1-2H3,(H,42,48)(H,43,47)(H,44,49)/b34-24-. The first kappa shape index (κ1) is 34.4. The fraction of sp³-hybridized carbons (Fsp3) is 0.0750. The van der Waals surface area contributed by atoms with E-state index in [-0.39, 0.29) is 22.9 Å². The highest BCUT2D eigenvalue weighted by Crippen LogP contribution is 2.37. The summed E-state index contributed by atoms with van der Waals surface area (Å²) in [7, 11) is 1.77. The van der Waals surface area contributed by atoms with Crippen molar-refractivity contribution >= 4 is 46.9 Å². The van der Waals surface area contributed by atoms with Gasteiger partial charge in [0.25, 0.3) is 17.4 Å². The molecule has 51 heavy (non-hydrogen) atoms. The molecule has 0 aliphatic carbocycles. The summed E-state index contributed by atoms with van der Waals surface area (Å²) < 4.78 is 3.23. The fourth-order valence-electron chi connectivity index (χ4n) is 5.35. The second-order valence-electron chi connectivity index (χ2n) is 11.5. The Labute approximate surface area is 298 Å². The SMILES string of the molecule is Cc1c(NC(=O)C(Sc2cccc(NC(=O)/C(=C/c3cccnc3)NC(=O)c3ccccc3)c2)c2ccccc2)c(=O)n(-c2ccccc2)n1C. The van der Waals surface area contributed by atoms with Gasteiger partial charge in [0, 0.05) is 35.6 Å². The molecule has 11 heteroatoms. The van der Waals surface area contributed by atoms with Crippen LogP contribution in [0.15, 0.2) is 155 Å². The number of hydrogen-bond donors (Lipinski definition) is 3. The van der Waals surface area contributed by atoms with E-state index in [0.717, 1.165) is 5.56 Å². The first-order valence-electron chi connectivity index (χ1n) is 16.0. The van der Waals surface area contributed by atoms with Gasteiger partial charge >= 0.3 is 0 Å². The minimum absolute atomic E-state index is 0.0239. The van der Waals surface area contributed by atoms with Crippen LogP contribution in [0.1, 0.15) is 32.4 Å². The summed E-state index contributed by atoms with van der Waals surface area (Å²) in [4.78, 5) is 59.0. The largest absolute Gasteiger partial charge is 0.321 e. The van der Waals surface area contributed by atoms with Gasteiger partial charge in [0.05, 0.1) is 11.4 Å². The van der Waals surface area contributed by atoms with Crippen molar-refractivity contribution in [2.75, 3.05) is 10.6 Å². The number of benzene rings is 4. The maximum atomic E-state index is 14.0. The van der Waals surface area contributed by atoms with Gasteiger partial charge in [-0.05, 0) is 72.7 Å². The molecule has 0 aliphatic rings. The van der Waals surface area contributed by atoms with Gasteiger partial charge < -0.3 is 16.0 Å². The molecule has 6 rings (SSSR count). The van der Waals surface area contributed by atoms with E-state index in [0.29, 0.717) is 33.1 Å². The molecule has 10 nitrogen and oxygen atoms in total. The molecule has 0 radical (unpaired) electrons. The van der Waals surface area contributed by atoms with E-state index >= 15 is 0 Å². The molecule has 254 valence electrons. The number of thioether (sulfide) groups is 1. The summed E-state index contributed by atoms with van der Waals surface area (Å²) in [6, 6.07) is 37.7. The molecule has 6 aromatic rings. The molecule has 0 saturated carbocycles. The third kappa shape index (κ3) is 8.23. The normalized spacial score (nSPS) is 11.8. The smallest absolute Gasteiger partial charge is 0.295 e. The molecule has 0 saturated heterocycles. The molecule has 1 unspecified atom stereocenters. The number of aromatic nitrogens is 3. The minimum Gasteiger partial charge on any atom is -0.321 e. The molecule has 0 aliphatic heterocycles. The summed E-state index contributed by atoms with van der Waals surface area (Å²) in [6.45, 7) is 1.78. The molecule has 3 N–H and O–H groups in total. The third-order valence-corrected chi connectivity index (χ3v) is 9.26. The summed E-state index contributed by atoms with van der Waals surface area (Å²) in [5.41, 5.74) is 3.37. The number of pyridine rings is 1. The Kier molecular flexibility index (Phi) is 10.7. The average molecular weight is 695 g/mol. The topological polar surface area (TPSA) is 127 Å². The third-order valence-electron chi connectivity index (χ3n) is 8.01. The van der Waals surface area contributed by atoms with Gasteiger partial charge in [0.2, 0.25) is 5.91 Å². The monoisotopic (exact) mass is 694 g/mol. The number of carbonyl (C=O) groups is 3. The van der Waals surface area contributed by atoms with Crippen LogP contribution in [0.4, 0.5) is 11.4 Å². The maximum Gasteiger partial charge on any atom is 0.295 e. The van der Waals surface area contributed by atoms with Crippen molar-refractivity contribution in [2.24, 2.45) is 7.05 Å². The zero-order chi connectivity index (χ0) is 35.7. The van der Waals surface area contributed by atoms with Crippen LogP contribution in [0.2, 0.25) is 0 Å². The highest BCUT2D eigenvalue weighted by Gasteiger charge is 2.26. The van der Waals surface area contributed by atoms with Crippen molar-refractivity contribution in [1.29, 1.82) is 0 Å². The van der Waals surface area contributed by atoms with Crippen molar-refractivity contribution in [1.82, 2.24) is 19.7 Å². The molecule has 2 heterocycles. The number of amides is 3. The molecule has 0 spiro atoms. The molecule has 2 aromatic heterocycles.